The number of nitrogens with zero attached hydrogens (tertiary/aromatic N) is 2. The minimum atomic E-state index is 0.325. The van der Waals surface area contributed by atoms with Crippen LogP contribution in [0.15, 0.2) is 22.9 Å². The fourth-order valence-corrected chi connectivity index (χ4v) is 2.25. The Morgan fingerprint density at radius 1 is 1.53 bits per heavy atom. The summed E-state index contributed by atoms with van der Waals surface area (Å²) in [5.74, 6) is 1.28. The number of halogens is 1. The number of carbonyl (C=O) groups is 1. The number of aromatic nitrogens is 2. The van der Waals surface area contributed by atoms with Gasteiger partial charge in [-0.25, -0.2) is 4.98 Å². The second kappa shape index (κ2) is 3.77. The van der Waals surface area contributed by atoms with Gasteiger partial charge in [-0.2, -0.15) is 0 Å². The van der Waals surface area contributed by atoms with E-state index in [9.17, 15) is 4.79 Å². The van der Waals surface area contributed by atoms with Crippen LogP contribution in [-0.2, 0) is 0 Å². The van der Waals surface area contributed by atoms with Crippen LogP contribution < -0.4 is 0 Å². The minimum Gasteiger partial charge on any atom is -0.302 e. The Kier molecular flexibility index (Phi) is 2.61. The van der Waals surface area contributed by atoms with E-state index in [0.717, 1.165) is 22.2 Å². The molecule has 0 atom stereocenters. The summed E-state index contributed by atoms with van der Waals surface area (Å²) in [6.45, 7) is 4.16. The number of carbonyl (C=O) groups excluding carboxylic acids is 1. The standard InChI is InChI=1S/C11H11BrN2O/c1-7(2)11-13-10(12)9-8(6-15)4-3-5-14(9)11/h3-7H,1-2H3. The molecule has 0 saturated heterocycles. The van der Waals surface area contributed by atoms with Crippen molar-refractivity contribution in [3.05, 3.63) is 34.3 Å². The molecule has 15 heavy (non-hydrogen) atoms. The van der Waals surface area contributed by atoms with Crippen molar-refractivity contribution in [2.24, 2.45) is 0 Å². The molecule has 0 amide bonds. The molecule has 0 aliphatic carbocycles. The first kappa shape index (κ1) is 10.4. The first-order valence-electron chi connectivity index (χ1n) is 4.76. The summed E-state index contributed by atoms with van der Waals surface area (Å²) in [6, 6.07) is 3.65. The fraction of sp³-hybridized carbons (Fsp3) is 0.273. The molecule has 0 fully saturated rings. The Bertz CT molecular complexity index is 517. The zero-order valence-electron chi connectivity index (χ0n) is 8.57. The van der Waals surface area contributed by atoms with E-state index >= 15 is 0 Å². The Balaban J connectivity index is 2.85. The highest BCUT2D eigenvalue weighted by Crippen LogP contribution is 2.25. The Morgan fingerprint density at radius 3 is 2.87 bits per heavy atom. The Labute approximate surface area is 96.3 Å². The third-order valence-electron chi connectivity index (χ3n) is 2.32. The number of pyridine rings is 1. The molecule has 0 spiro atoms. The number of rotatable bonds is 2. The molecule has 0 saturated carbocycles. The summed E-state index contributed by atoms with van der Waals surface area (Å²) < 4.78 is 2.69. The number of hydrogen-bond acceptors (Lipinski definition) is 2. The lowest BCUT2D eigenvalue weighted by molar-refractivity contribution is 0.112. The van der Waals surface area contributed by atoms with Gasteiger partial charge in [0.2, 0.25) is 0 Å². The number of aldehydes is 1. The van der Waals surface area contributed by atoms with E-state index in [1.165, 1.54) is 0 Å². The molecular weight excluding hydrogens is 256 g/mol. The summed E-state index contributed by atoms with van der Waals surface area (Å²) in [7, 11) is 0. The predicted octanol–water partition coefficient (Wildman–Crippen LogP) is 3.03. The zero-order chi connectivity index (χ0) is 11.0. The summed E-state index contributed by atoms with van der Waals surface area (Å²) >= 11 is 3.39. The van der Waals surface area contributed by atoms with Gasteiger partial charge in [-0.15, -0.1) is 0 Å². The van der Waals surface area contributed by atoms with E-state index in [-0.39, 0.29) is 0 Å². The topological polar surface area (TPSA) is 34.4 Å². The summed E-state index contributed by atoms with van der Waals surface area (Å²) in [5, 5.41) is 0. The average Bonchev–Trinajstić information content (AvgIpc) is 2.56. The summed E-state index contributed by atoms with van der Waals surface area (Å²) in [5.41, 5.74) is 1.50. The van der Waals surface area contributed by atoms with Crippen molar-refractivity contribution in [3.63, 3.8) is 0 Å². The fourth-order valence-electron chi connectivity index (χ4n) is 1.64. The molecule has 78 valence electrons. The summed E-state index contributed by atoms with van der Waals surface area (Å²) in [6.07, 6.45) is 2.78. The Morgan fingerprint density at radius 2 is 2.27 bits per heavy atom. The average molecular weight is 267 g/mol. The first-order valence-corrected chi connectivity index (χ1v) is 5.56. The Hall–Kier alpha value is -1.16. The van der Waals surface area contributed by atoms with Crippen molar-refractivity contribution < 1.29 is 4.79 Å². The van der Waals surface area contributed by atoms with Crippen LogP contribution in [0, 0.1) is 0 Å². The molecule has 4 heteroatoms. The van der Waals surface area contributed by atoms with E-state index in [2.05, 4.69) is 34.8 Å². The molecule has 0 unspecified atom stereocenters. The molecule has 0 bridgehead atoms. The normalized spacial score (nSPS) is 11.2. The third-order valence-corrected chi connectivity index (χ3v) is 2.88. The first-order chi connectivity index (χ1) is 7.15. The van der Waals surface area contributed by atoms with E-state index in [0.29, 0.717) is 11.5 Å². The van der Waals surface area contributed by atoms with E-state index in [1.54, 1.807) is 6.07 Å². The highest BCUT2D eigenvalue weighted by atomic mass is 79.9. The minimum absolute atomic E-state index is 0.325. The maximum Gasteiger partial charge on any atom is 0.152 e. The number of imidazole rings is 1. The summed E-state index contributed by atoms with van der Waals surface area (Å²) in [4.78, 5) is 15.3. The van der Waals surface area contributed by atoms with Gasteiger partial charge in [0.05, 0.1) is 5.52 Å². The van der Waals surface area contributed by atoms with Gasteiger partial charge < -0.3 is 4.40 Å². The van der Waals surface area contributed by atoms with Crippen LogP contribution in [0.1, 0.15) is 35.9 Å². The van der Waals surface area contributed by atoms with Crippen LogP contribution in [0.25, 0.3) is 5.52 Å². The molecule has 0 aliphatic heterocycles. The van der Waals surface area contributed by atoms with E-state index in [1.807, 2.05) is 16.7 Å². The van der Waals surface area contributed by atoms with E-state index < -0.39 is 0 Å². The van der Waals surface area contributed by atoms with Crippen LogP contribution in [0.3, 0.4) is 0 Å². The van der Waals surface area contributed by atoms with Crippen molar-refractivity contribution in [1.82, 2.24) is 9.38 Å². The van der Waals surface area contributed by atoms with Crippen LogP contribution in [0.5, 0.6) is 0 Å². The van der Waals surface area contributed by atoms with Gasteiger partial charge in [0.25, 0.3) is 0 Å². The monoisotopic (exact) mass is 266 g/mol. The predicted molar refractivity (Wildman–Crippen MR) is 62.4 cm³/mol. The molecule has 0 aromatic carbocycles. The highest BCUT2D eigenvalue weighted by Gasteiger charge is 2.14. The molecule has 2 rings (SSSR count). The van der Waals surface area contributed by atoms with Gasteiger partial charge in [0.15, 0.2) is 6.29 Å². The second-order valence-corrected chi connectivity index (χ2v) is 4.47. The van der Waals surface area contributed by atoms with Crippen molar-refractivity contribution >= 4 is 27.7 Å². The highest BCUT2D eigenvalue weighted by molar-refractivity contribution is 9.10. The lowest BCUT2D eigenvalue weighted by atomic mass is 10.2. The van der Waals surface area contributed by atoms with Crippen molar-refractivity contribution in [2.75, 3.05) is 0 Å². The van der Waals surface area contributed by atoms with Crippen molar-refractivity contribution in [3.8, 4) is 0 Å². The molecular formula is C11H11BrN2O. The molecule has 0 N–H and O–H groups in total. The maximum absolute atomic E-state index is 10.9. The third kappa shape index (κ3) is 1.59. The second-order valence-electron chi connectivity index (χ2n) is 3.72. The van der Waals surface area contributed by atoms with Gasteiger partial charge in [-0.3, -0.25) is 4.79 Å². The van der Waals surface area contributed by atoms with Crippen molar-refractivity contribution in [2.45, 2.75) is 19.8 Å². The largest absolute Gasteiger partial charge is 0.302 e. The number of fused-ring (bicyclic) bond motifs is 1. The molecule has 2 heterocycles. The van der Waals surface area contributed by atoms with Gasteiger partial charge in [0.1, 0.15) is 10.4 Å². The molecule has 0 radical (unpaired) electrons. The van der Waals surface area contributed by atoms with Crippen LogP contribution in [-0.4, -0.2) is 15.7 Å². The van der Waals surface area contributed by atoms with Crippen LogP contribution >= 0.6 is 15.9 Å². The van der Waals surface area contributed by atoms with Gasteiger partial charge in [0, 0.05) is 17.7 Å². The zero-order valence-corrected chi connectivity index (χ0v) is 10.2. The number of hydrogen-bond donors (Lipinski definition) is 0. The molecule has 0 aliphatic rings. The quantitative estimate of drug-likeness (QED) is 0.784. The van der Waals surface area contributed by atoms with Crippen LogP contribution in [0.4, 0.5) is 0 Å². The lowest BCUT2D eigenvalue weighted by Gasteiger charge is -2.04. The molecule has 3 nitrogen and oxygen atoms in total. The van der Waals surface area contributed by atoms with Gasteiger partial charge >= 0.3 is 0 Å². The SMILES string of the molecule is CC(C)c1nc(Br)c2c(C=O)cccn12. The van der Waals surface area contributed by atoms with Gasteiger partial charge in [-0.1, -0.05) is 13.8 Å². The van der Waals surface area contributed by atoms with Crippen molar-refractivity contribution in [1.29, 1.82) is 0 Å². The smallest absolute Gasteiger partial charge is 0.152 e. The molecule has 2 aromatic heterocycles. The van der Waals surface area contributed by atoms with Crippen LogP contribution in [0.2, 0.25) is 0 Å². The maximum atomic E-state index is 10.9. The van der Waals surface area contributed by atoms with Gasteiger partial charge in [-0.05, 0) is 28.1 Å². The molecule has 2 aromatic rings. The van der Waals surface area contributed by atoms with E-state index in [4.69, 9.17) is 0 Å². The lowest BCUT2D eigenvalue weighted by Crippen LogP contribution is -1.97.